The summed E-state index contributed by atoms with van der Waals surface area (Å²) in [6.45, 7) is 6.71. The zero-order valence-corrected chi connectivity index (χ0v) is 24.2. The van der Waals surface area contributed by atoms with Gasteiger partial charge >= 0.3 is 6.18 Å². The fraction of sp³-hybridized carbons (Fsp3) is 0.964. The molecule has 10 atom stereocenters. The number of morpholine rings is 1. The molecule has 1 amide bonds. The van der Waals surface area contributed by atoms with Gasteiger partial charge in [0, 0.05) is 63.7 Å². The van der Waals surface area contributed by atoms with Crippen molar-refractivity contribution in [1.82, 2.24) is 36.0 Å². The number of nitrogens with one attached hydrogen (secondary N) is 3. The molecule has 3 N–H and O–H groups in total. The van der Waals surface area contributed by atoms with Gasteiger partial charge in [-0.25, -0.2) is 15.9 Å². The molecule has 6 aliphatic rings. The van der Waals surface area contributed by atoms with E-state index in [1.807, 2.05) is 11.8 Å². The van der Waals surface area contributed by atoms with Crippen molar-refractivity contribution in [2.75, 3.05) is 60.1 Å². The van der Waals surface area contributed by atoms with Crippen molar-refractivity contribution in [3.05, 3.63) is 0 Å². The first-order chi connectivity index (χ1) is 19.1. The Morgan fingerprint density at radius 2 is 1.90 bits per heavy atom. The van der Waals surface area contributed by atoms with E-state index < -0.39 is 23.9 Å². The zero-order valence-electron chi connectivity index (χ0n) is 24.2. The highest BCUT2D eigenvalue weighted by Crippen LogP contribution is 2.51. The van der Waals surface area contributed by atoms with Crippen LogP contribution in [-0.2, 0) is 9.53 Å². The maximum atomic E-state index is 14.4. The maximum absolute atomic E-state index is 14.4. The van der Waals surface area contributed by atoms with Crippen LogP contribution in [0.15, 0.2) is 0 Å². The lowest BCUT2D eigenvalue weighted by molar-refractivity contribution is -0.204. The number of fused-ring (bicyclic) bond motifs is 1. The predicted molar refractivity (Wildman–Crippen MR) is 144 cm³/mol. The number of rotatable bonds is 5. The third-order valence-electron chi connectivity index (χ3n) is 11.0. The molecule has 2 aliphatic carbocycles. The zero-order chi connectivity index (χ0) is 28.2. The summed E-state index contributed by atoms with van der Waals surface area (Å²) in [5.74, 6) is -1.86. The number of alkyl halides is 3. The summed E-state index contributed by atoms with van der Waals surface area (Å²) in [5, 5.41) is 2.24. The van der Waals surface area contributed by atoms with Gasteiger partial charge in [-0.05, 0) is 63.8 Å². The van der Waals surface area contributed by atoms with E-state index in [4.69, 9.17) is 4.74 Å². The van der Waals surface area contributed by atoms with Gasteiger partial charge in [-0.1, -0.05) is 6.42 Å². The first kappa shape index (κ1) is 29.1. The molecule has 4 aliphatic heterocycles. The first-order valence-electron chi connectivity index (χ1n) is 15.5. The molecule has 6 rings (SSSR count). The molecule has 12 heteroatoms. The third kappa shape index (κ3) is 5.66. The monoisotopic (exact) mass is 571 g/mol. The van der Waals surface area contributed by atoms with Crippen LogP contribution in [0, 0.1) is 35.5 Å². The Morgan fingerprint density at radius 3 is 2.62 bits per heavy atom. The Morgan fingerprint density at radius 1 is 1.07 bits per heavy atom. The predicted octanol–water partition coefficient (Wildman–Crippen LogP) is 1.69. The number of nitrogens with zero attached hydrogens (tertiary/aromatic N) is 4. The number of halogens is 3. The van der Waals surface area contributed by atoms with Gasteiger partial charge in [-0.2, -0.15) is 13.2 Å². The van der Waals surface area contributed by atoms with Crippen LogP contribution in [0.1, 0.15) is 45.4 Å². The Labute approximate surface area is 236 Å². The normalized spacial score (nSPS) is 44.5. The van der Waals surface area contributed by atoms with E-state index >= 15 is 0 Å². The van der Waals surface area contributed by atoms with Crippen LogP contribution in [-0.4, -0.2) is 116 Å². The lowest BCUT2D eigenvalue weighted by atomic mass is 9.68. The second-order valence-corrected chi connectivity index (χ2v) is 13.6. The third-order valence-corrected chi connectivity index (χ3v) is 11.0. The van der Waals surface area contributed by atoms with Crippen LogP contribution < -0.4 is 16.3 Å². The molecule has 40 heavy (non-hydrogen) atoms. The van der Waals surface area contributed by atoms with E-state index in [-0.39, 0.29) is 43.1 Å². The molecule has 4 heterocycles. The quantitative estimate of drug-likeness (QED) is 0.461. The molecule has 0 radical (unpaired) electrons. The minimum absolute atomic E-state index is 0.0132. The number of carbonyl (C=O) groups excluding carboxylic acids is 1. The van der Waals surface area contributed by atoms with Gasteiger partial charge < -0.3 is 9.64 Å². The summed E-state index contributed by atoms with van der Waals surface area (Å²) < 4.78 is 48.9. The van der Waals surface area contributed by atoms with E-state index in [9.17, 15) is 18.0 Å². The maximum Gasteiger partial charge on any atom is 0.392 e. The van der Waals surface area contributed by atoms with Crippen molar-refractivity contribution in [3.8, 4) is 0 Å². The van der Waals surface area contributed by atoms with Crippen LogP contribution in [0.4, 0.5) is 13.2 Å². The highest BCUT2D eigenvalue weighted by atomic mass is 19.4. The molecule has 0 bridgehead atoms. The SMILES string of the molecule is C[C@@H]1CN(CC2CC3C(=O)N(C4CCCC(C5C(C6NNCN6C)CNN5C)C4)CC3C(C(F)(F)F)C2)CCO1. The highest BCUT2D eigenvalue weighted by molar-refractivity contribution is 5.82. The van der Waals surface area contributed by atoms with Crippen LogP contribution >= 0.6 is 0 Å². The van der Waals surface area contributed by atoms with Gasteiger partial charge in [0.15, 0.2) is 0 Å². The van der Waals surface area contributed by atoms with Gasteiger partial charge in [0.25, 0.3) is 0 Å². The first-order valence-corrected chi connectivity index (χ1v) is 15.5. The van der Waals surface area contributed by atoms with Gasteiger partial charge in [0.2, 0.25) is 5.91 Å². The van der Waals surface area contributed by atoms with Crippen molar-refractivity contribution in [1.29, 1.82) is 0 Å². The Hall–Kier alpha value is -1.02. The topological polar surface area (TPSA) is 75.4 Å². The molecule has 0 aromatic heterocycles. The Balaban J connectivity index is 1.15. The minimum Gasteiger partial charge on any atom is -0.376 e. The standard InChI is InChI=1S/C28H48F3N7O2/c1-17-13-37(7-8-40-17)14-18-9-21-23(24(10-18)28(29,30)31)15-38(27(21)39)20-6-4-5-19(11-20)25-22(12-33-36(25)3)26-34-32-16-35(26)2/h17-26,32-34H,4-16H2,1-3H3/t17-,18?,19?,20?,21?,22?,23?,24?,25?,26?/m1/s1. The lowest BCUT2D eigenvalue weighted by Crippen LogP contribution is -2.52. The molecule has 228 valence electrons. The fourth-order valence-corrected chi connectivity index (χ4v) is 9.23. The Kier molecular flexibility index (Phi) is 8.41. The number of ether oxygens (including phenoxy) is 1. The van der Waals surface area contributed by atoms with E-state index in [0.29, 0.717) is 37.5 Å². The van der Waals surface area contributed by atoms with Crippen LogP contribution in [0.2, 0.25) is 0 Å². The molecule has 9 unspecified atom stereocenters. The van der Waals surface area contributed by atoms with Gasteiger partial charge in [-0.15, -0.1) is 0 Å². The molecular formula is C28H48F3N7O2. The Bertz CT molecular complexity index is 912. The largest absolute Gasteiger partial charge is 0.392 e. The second-order valence-electron chi connectivity index (χ2n) is 13.6. The molecule has 0 aromatic carbocycles. The summed E-state index contributed by atoms with van der Waals surface area (Å²) in [5.41, 5.74) is 10.2. The highest BCUT2D eigenvalue weighted by Gasteiger charge is 2.58. The number of likely N-dealkylation sites (tertiary alicyclic amines) is 1. The van der Waals surface area contributed by atoms with E-state index in [0.717, 1.165) is 52.0 Å². The number of amides is 1. The van der Waals surface area contributed by atoms with Crippen molar-refractivity contribution >= 4 is 5.91 Å². The van der Waals surface area contributed by atoms with Crippen LogP contribution in [0.5, 0.6) is 0 Å². The average Bonchev–Trinajstić information content (AvgIpc) is 3.60. The molecule has 2 saturated carbocycles. The molecule has 4 saturated heterocycles. The van der Waals surface area contributed by atoms with Crippen molar-refractivity contribution in [2.24, 2.45) is 35.5 Å². The second kappa shape index (κ2) is 11.6. The summed E-state index contributed by atoms with van der Waals surface area (Å²) in [4.78, 5) is 20.3. The van der Waals surface area contributed by atoms with Crippen molar-refractivity contribution in [2.45, 2.75) is 76.0 Å². The van der Waals surface area contributed by atoms with Crippen LogP contribution in [0.25, 0.3) is 0 Å². The van der Waals surface area contributed by atoms with E-state index in [1.54, 1.807) is 0 Å². The number of hydrogen-bond acceptors (Lipinski definition) is 8. The fourth-order valence-electron chi connectivity index (χ4n) is 9.23. The molecule has 9 nitrogen and oxygen atoms in total. The van der Waals surface area contributed by atoms with Gasteiger partial charge in [0.05, 0.1) is 31.5 Å². The van der Waals surface area contributed by atoms with Crippen molar-refractivity contribution in [3.63, 3.8) is 0 Å². The minimum atomic E-state index is -4.27. The summed E-state index contributed by atoms with van der Waals surface area (Å²) in [7, 11) is 4.22. The molecule has 0 aromatic rings. The van der Waals surface area contributed by atoms with E-state index in [2.05, 4.69) is 45.2 Å². The summed E-state index contributed by atoms with van der Waals surface area (Å²) in [6, 6.07) is 0.345. The molecular weight excluding hydrogens is 523 g/mol. The van der Waals surface area contributed by atoms with Gasteiger partial charge in [0.1, 0.15) is 0 Å². The van der Waals surface area contributed by atoms with Crippen LogP contribution in [0.3, 0.4) is 0 Å². The number of hydrogen-bond donors (Lipinski definition) is 3. The summed E-state index contributed by atoms with van der Waals surface area (Å²) in [6.07, 6.45) is 0.634. The molecule has 6 fully saturated rings. The lowest BCUT2D eigenvalue weighted by Gasteiger charge is -2.42. The number of hydrazine groups is 2. The average molecular weight is 572 g/mol. The van der Waals surface area contributed by atoms with Gasteiger partial charge in [-0.3, -0.25) is 20.0 Å². The van der Waals surface area contributed by atoms with E-state index in [1.165, 1.54) is 0 Å². The summed E-state index contributed by atoms with van der Waals surface area (Å²) >= 11 is 0. The molecule has 0 spiro atoms. The number of carbonyl (C=O) groups is 1. The smallest absolute Gasteiger partial charge is 0.376 e. The van der Waals surface area contributed by atoms with Crippen molar-refractivity contribution < 1.29 is 22.7 Å².